The molecule has 0 atom stereocenters. The van der Waals surface area contributed by atoms with Gasteiger partial charge in [0.25, 0.3) is 5.91 Å². The van der Waals surface area contributed by atoms with Gasteiger partial charge in [0.15, 0.2) is 0 Å². The van der Waals surface area contributed by atoms with E-state index in [4.69, 9.17) is 0 Å². The average Bonchev–Trinajstić information content (AvgIpc) is 2.58. The van der Waals surface area contributed by atoms with Crippen LogP contribution in [-0.4, -0.2) is 26.3 Å². The fourth-order valence-electron chi connectivity index (χ4n) is 2.15. The third-order valence-electron chi connectivity index (χ3n) is 3.37. The summed E-state index contributed by atoms with van der Waals surface area (Å²) in [6.07, 6.45) is 1.17. The predicted molar refractivity (Wildman–Crippen MR) is 100 cm³/mol. The second-order valence-electron chi connectivity index (χ2n) is 5.80. The van der Waals surface area contributed by atoms with Crippen LogP contribution < -0.4 is 9.73 Å². The number of hydrazone groups is 1. The van der Waals surface area contributed by atoms with E-state index in [1.54, 1.807) is 62.4 Å². The van der Waals surface area contributed by atoms with Crippen LogP contribution in [0.2, 0.25) is 0 Å². The van der Waals surface area contributed by atoms with Crippen LogP contribution in [0.3, 0.4) is 0 Å². The zero-order chi connectivity index (χ0) is 18.4. The minimum atomic E-state index is -3.42. The number of amides is 1. The molecule has 0 fully saturated rings. The molecule has 0 aliphatic carbocycles. The highest BCUT2D eigenvalue weighted by Gasteiger charge is 2.17. The van der Waals surface area contributed by atoms with Crippen molar-refractivity contribution in [3.05, 3.63) is 65.7 Å². The topological polar surface area (TPSA) is 78.8 Å². The Morgan fingerprint density at radius 3 is 2.16 bits per heavy atom. The maximum Gasteiger partial charge on any atom is 0.271 e. The number of anilines is 1. The molecule has 0 spiro atoms. The summed E-state index contributed by atoms with van der Waals surface area (Å²) < 4.78 is 25.5. The highest BCUT2D eigenvalue weighted by Crippen LogP contribution is 2.20. The van der Waals surface area contributed by atoms with E-state index >= 15 is 0 Å². The van der Waals surface area contributed by atoms with E-state index in [1.165, 1.54) is 10.6 Å². The predicted octanol–water partition coefficient (Wildman–Crippen LogP) is 2.78. The molecular formula is C18H21N3O3S. The van der Waals surface area contributed by atoms with Crippen molar-refractivity contribution in [1.82, 2.24) is 5.43 Å². The first-order valence-electron chi connectivity index (χ1n) is 7.70. The molecule has 2 aromatic carbocycles. The van der Waals surface area contributed by atoms with Crippen molar-refractivity contribution in [2.45, 2.75) is 20.4 Å². The largest absolute Gasteiger partial charge is 0.271 e. The van der Waals surface area contributed by atoms with Gasteiger partial charge in [-0.1, -0.05) is 30.3 Å². The quantitative estimate of drug-likeness (QED) is 0.636. The van der Waals surface area contributed by atoms with Gasteiger partial charge in [0, 0.05) is 11.3 Å². The molecule has 132 valence electrons. The molecule has 1 amide bonds. The Balaban J connectivity index is 2.18. The lowest BCUT2D eigenvalue weighted by Crippen LogP contribution is -2.29. The summed E-state index contributed by atoms with van der Waals surface area (Å²) in [7, 11) is -3.42. The van der Waals surface area contributed by atoms with Crippen molar-refractivity contribution in [2.24, 2.45) is 5.10 Å². The smallest absolute Gasteiger partial charge is 0.267 e. The Morgan fingerprint density at radius 1 is 1.04 bits per heavy atom. The van der Waals surface area contributed by atoms with Crippen LogP contribution in [0.4, 0.5) is 5.69 Å². The van der Waals surface area contributed by atoms with Crippen LogP contribution in [0.1, 0.15) is 29.8 Å². The molecule has 0 unspecified atom stereocenters. The van der Waals surface area contributed by atoms with Crippen molar-refractivity contribution >= 4 is 27.3 Å². The lowest BCUT2D eigenvalue weighted by atomic mass is 10.1. The molecule has 0 heterocycles. The van der Waals surface area contributed by atoms with E-state index < -0.39 is 10.0 Å². The number of hydrogen-bond acceptors (Lipinski definition) is 4. The van der Waals surface area contributed by atoms with Gasteiger partial charge in [-0.2, -0.15) is 5.10 Å². The number of carbonyl (C=O) groups excluding carboxylic acids is 1. The molecule has 0 radical (unpaired) electrons. The Labute approximate surface area is 148 Å². The first kappa shape index (κ1) is 18.7. The first-order valence-corrected chi connectivity index (χ1v) is 9.55. The van der Waals surface area contributed by atoms with Gasteiger partial charge in [-0.3, -0.25) is 9.10 Å². The molecule has 0 saturated heterocycles. The lowest BCUT2D eigenvalue weighted by molar-refractivity contribution is 0.0954. The minimum Gasteiger partial charge on any atom is -0.267 e. The molecule has 0 aromatic heterocycles. The molecule has 0 saturated carbocycles. The van der Waals surface area contributed by atoms with Gasteiger partial charge in [-0.05, 0) is 43.7 Å². The van der Waals surface area contributed by atoms with Gasteiger partial charge < -0.3 is 0 Å². The summed E-state index contributed by atoms with van der Waals surface area (Å²) in [5.41, 5.74) is 5.03. The third kappa shape index (κ3) is 5.42. The molecule has 2 rings (SSSR count). The van der Waals surface area contributed by atoms with Crippen molar-refractivity contribution in [3.8, 4) is 0 Å². The number of rotatable bonds is 6. The van der Waals surface area contributed by atoms with Crippen LogP contribution in [0.5, 0.6) is 0 Å². The number of nitrogens with one attached hydrogen (secondary N) is 1. The maximum atomic E-state index is 12.1. The van der Waals surface area contributed by atoms with Gasteiger partial charge in [-0.25, -0.2) is 13.8 Å². The van der Waals surface area contributed by atoms with Gasteiger partial charge in [-0.15, -0.1) is 0 Å². The molecule has 6 nitrogen and oxygen atoms in total. The summed E-state index contributed by atoms with van der Waals surface area (Å²) in [6.45, 7) is 3.76. The van der Waals surface area contributed by atoms with E-state index in [2.05, 4.69) is 10.5 Å². The van der Waals surface area contributed by atoms with E-state index in [-0.39, 0.29) is 12.5 Å². The Bertz CT molecular complexity index is 856. The van der Waals surface area contributed by atoms with Crippen LogP contribution in [0.15, 0.2) is 59.7 Å². The molecular weight excluding hydrogens is 338 g/mol. The van der Waals surface area contributed by atoms with Gasteiger partial charge in [0.2, 0.25) is 10.0 Å². The van der Waals surface area contributed by atoms with Crippen molar-refractivity contribution in [3.63, 3.8) is 0 Å². The first-order chi connectivity index (χ1) is 11.8. The molecule has 2 aromatic rings. The fraction of sp³-hybridized carbons (Fsp3) is 0.222. The van der Waals surface area contributed by atoms with Gasteiger partial charge >= 0.3 is 0 Å². The van der Waals surface area contributed by atoms with Crippen LogP contribution in [0, 0.1) is 0 Å². The average molecular weight is 359 g/mol. The molecule has 0 aliphatic rings. The van der Waals surface area contributed by atoms with E-state index in [0.717, 1.165) is 11.3 Å². The zero-order valence-electron chi connectivity index (χ0n) is 14.4. The summed E-state index contributed by atoms with van der Waals surface area (Å²) in [4.78, 5) is 11.9. The fourth-order valence-corrected chi connectivity index (χ4v) is 3.04. The SMILES string of the molecule is CC(C)=NNC(=O)c1ccc(CN(c2ccccc2)S(C)(=O)=O)cc1. The number of hydrogen-bond donors (Lipinski definition) is 1. The van der Waals surface area contributed by atoms with E-state index in [1.807, 2.05) is 6.07 Å². The van der Waals surface area contributed by atoms with E-state index in [0.29, 0.717) is 11.3 Å². The second-order valence-corrected chi connectivity index (χ2v) is 7.71. The Kier molecular flexibility index (Phi) is 5.93. The minimum absolute atomic E-state index is 0.191. The Hall–Kier alpha value is -2.67. The summed E-state index contributed by atoms with van der Waals surface area (Å²) in [5.74, 6) is -0.309. The number of nitrogens with zero attached hydrogens (tertiary/aromatic N) is 2. The van der Waals surface area contributed by atoms with Crippen molar-refractivity contribution in [1.29, 1.82) is 0 Å². The summed E-state index contributed by atoms with van der Waals surface area (Å²) in [6, 6.07) is 15.7. The van der Waals surface area contributed by atoms with Gasteiger partial charge in [0.1, 0.15) is 0 Å². The second kappa shape index (κ2) is 7.94. The van der Waals surface area contributed by atoms with Crippen molar-refractivity contribution in [2.75, 3.05) is 10.6 Å². The number of para-hydroxylation sites is 1. The standard InChI is InChI=1S/C18H21N3O3S/c1-14(2)19-20-18(22)16-11-9-15(10-12-16)13-21(25(3,23)24)17-7-5-4-6-8-17/h4-12H,13H2,1-3H3,(H,20,22). The van der Waals surface area contributed by atoms with Crippen molar-refractivity contribution < 1.29 is 13.2 Å². The summed E-state index contributed by atoms with van der Waals surface area (Å²) >= 11 is 0. The number of sulfonamides is 1. The third-order valence-corrected chi connectivity index (χ3v) is 4.51. The molecule has 0 bridgehead atoms. The normalized spacial score (nSPS) is 10.8. The molecule has 0 aliphatic heterocycles. The Morgan fingerprint density at radius 2 is 1.64 bits per heavy atom. The van der Waals surface area contributed by atoms with Crippen LogP contribution >= 0.6 is 0 Å². The summed E-state index contributed by atoms with van der Waals surface area (Å²) in [5, 5.41) is 3.87. The number of carbonyl (C=O) groups is 1. The molecule has 25 heavy (non-hydrogen) atoms. The monoisotopic (exact) mass is 359 g/mol. The number of benzene rings is 2. The van der Waals surface area contributed by atoms with Gasteiger partial charge in [0.05, 0.1) is 18.5 Å². The molecule has 1 N–H and O–H groups in total. The highest BCUT2D eigenvalue weighted by atomic mass is 32.2. The lowest BCUT2D eigenvalue weighted by Gasteiger charge is -2.22. The highest BCUT2D eigenvalue weighted by molar-refractivity contribution is 7.92. The maximum absolute atomic E-state index is 12.1. The van der Waals surface area contributed by atoms with E-state index in [9.17, 15) is 13.2 Å². The van der Waals surface area contributed by atoms with Crippen LogP contribution in [-0.2, 0) is 16.6 Å². The van der Waals surface area contributed by atoms with Crippen LogP contribution in [0.25, 0.3) is 0 Å². The zero-order valence-corrected chi connectivity index (χ0v) is 15.2. The molecule has 7 heteroatoms.